The molecule has 3 rings (SSSR count). The summed E-state index contributed by atoms with van der Waals surface area (Å²) in [6.07, 6.45) is 6.28. The molecule has 0 unspecified atom stereocenters. The van der Waals surface area contributed by atoms with E-state index in [-0.39, 0.29) is 17.9 Å². The molecule has 3 atom stereocenters. The van der Waals surface area contributed by atoms with Gasteiger partial charge in [0, 0.05) is 17.2 Å². The average Bonchev–Trinajstić information content (AvgIpc) is 3.18. The number of methoxy groups -OCH3 is 1. The minimum absolute atomic E-state index is 0.163. The Morgan fingerprint density at radius 2 is 1.86 bits per heavy atom. The lowest BCUT2D eigenvalue weighted by molar-refractivity contribution is -0.143. The third-order valence-corrected chi connectivity index (χ3v) is 5.31. The van der Waals surface area contributed by atoms with Gasteiger partial charge in [0.25, 0.3) is 5.91 Å². The van der Waals surface area contributed by atoms with Crippen molar-refractivity contribution in [3.8, 4) is 0 Å². The van der Waals surface area contributed by atoms with Gasteiger partial charge in [0.15, 0.2) is 0 Å². The van der Waals surface area contributed by atoms with Gasteiger partial charge in [0.1, 0.15) is 5.82 Å². The summed E-state index contributed by atoms with van der Waals surface area (Å²) in [5.74, 6) is -2.08. The summed E-state index contributed by atoms with van der Waals surface area (Å²) in [6.45, 7) is 2.12. The number of benzene rings is 2. The lowest BCUT2D eigenvalue weighted by Gasteiger charge is -2.22. The largest absolute Gasteiger partial charge is 0.469 e. The first-order valence-corrected chi connectivity index (χ1v) is 9.93. The minimum Gasteiger partial charge on any atom is -0.469 e. The van der Waals surface area contributed by atoms with Crippen LogP contribution < -0.4 is 5.32 Å². The van der Waals surface area contributed by atoms with Crippen LogP contribution in [0, 0.1) is 11.7 Å². The Morgan fingerprint density at radius 3 is 2.52 bits per heavy atom. The second kappa shape index (κ2) is 9.50. The first-order valence-electron chi connectivity index (χ1n) is 9.93. The van der Waals surface area contributed by atoms with Gasteiger partial charge >= 0.3 is 5.97 Å². The molecule has 2 aromatic rings. The molecular weight excluding hydrogens is 369 g/mol. The lowest BCUT2D eigenvalue weighted by Crippen LogP contribution is -2.33. The molecule has 0 saturated carbocycles. The summed E-state index contributed by atoms with van der Waals surface area (Å²) < 4.78 is 19.2. The first-order chi connectivity index (χ1) is 14.0. The van der Waals surface area contributed by atoms with Crippen molar-refractivity contribution in [1.29, 1.82) is 0 Å². The van der Waals surface area contributed by atoms with E-state index in [1.165, 1.54) is 18.7 Å². The Labute approximate surface area is 170 Å². The molecule has 0 aliphatic heterocycles. The van der Waals surface area contributed by atoms with Gasteiger partial charge in [0.05, 0.1) is 13.0 Å². The van der Waals surface area contributed by atoms with Crippen molar-refractivity contribution < 1.29 is 18.7 Å². The van der Waals surface area contributed by atoms with E-state index in [0.717, 1.165) is 12.8 Å². The highest BCUT2D eigenvalue weighted by atomic mass is 19.1. The van der Waals surface area contributed by atoms with Crippen LogP contribution in [0.15, 0.2) is 60.7 Å². The van der Waals surface area contributed by atoms with Crippen LogP contribution in [0.5, 0.6) is 0 Å². The van der Waals surface area contributed by atoms with Crippen LogP contribution in [0.3, 0.4) is 0 Å². The number of esters is 1. The predicted octanol–water partition coefficient (Wildman–Crippen LogP) is 4.41. The third-order valence-electron chi connectivity index (χ3n) is 5.31. The summed E-state index contributed by atoms with van der Waals surface area (Å²) in [4.78, 5) is 24.9. The summed E-state index contributed by atoms with van der Waals surface area (Å²) in [6, 6.07) is 13.6. The van der Waals surface area contributed by atoms with E-state index in [2.05, 4.69) is 12.2 Å². The van der Waals surface area contributed by atoms with Crippen molar-refractivity contribution in [3.05, 3.63) is 83.2 Å². The van der Waals surface area contributed by atoms with E-state index in [0.29, 0.717) is 17.5 Å². The number of rotatable bonds is 7. The standard InChI is InChI=1S/C24H26FNO3/c1-3-6-16-9-11-17(12-10-16)23(27)26-19-14-13-18(15-19)22(24(28)29-2)20-7-4-5-8-21(20)25/h4-5,7-14,18-19,22H,3,6,15H2,1-2H3,(H,26,27)/t18-,19-,22-/m1/s1. The van der Waals surface area contributed by atoms with Crippen molar-refractivity contribution in [1.82, 2.24) is 5.32 Å². The number of amides is 1. The number of carbonyl (C=O) groups is 2. The molecule has 29 heavy (non-hydrogen) atoms. The number of aryl methyl sites for hydroxylation is 1. The Kier molecular flexibility index (Phi) is 6.81. The molecule has 1 N–H and O–H groups in total. The highest BCUT2D eigenvalue weighted by Gasteiger charge is 2.35. The van der Waals surface area contributed by atoms with Gasteiger partial charge in [-0.1, -0.05) is 55.8 Å². The monoisotopic (exact) mass is 395 g/mol. The number of hydrogen-bond acceptors (Lipinski definition) is 3. The SMILES string of the molecule is CCCc1ccc(C(=O)N[C@@H]2C=C[C@@H]([C@@H](C(=O)OC)c3ccccc3F)C2)cc1. The zero-order valence-corrected chi connectivity index (χ0v) is 16.7. The Bertz CT molecular complexity index is 891. The van der Waals surface area contributed by atoms with Crippen LogP contribution >= 0.6 is 0 Å². The van der Waals surface area contributed by atoms with Crippen molar-refractivity contribution in [2.24, 2.45) is 5.92 Å². The molecule has 5 heteroatoms. The van der Waals surface area contributed by atoms with Gasteiger partial charge in [-0.2, -0.15) is 0 Å². The number of halogens is 1. The van der Waals surface area contributed by atoms with E-state index in [9.17, 15) is 14.0 Å². The van der Waals surface area contributed by atoms with Crippen LogP contribution in [0.1, 0.15) is 47.2 Å². The molecule has 0 radical (unpaired) electrons. The molecule has 0 heterocycles. The molecule has 0 fully saturated rings. The Balaban J connectivity index is 1.68. The molecule has 1 aliphatic rings. The van der Waals surface area contributed by atoms with Crippen LogP contribution in [0.4, 0.5) is 4.39 Å². The Morgan fingerprint density at radius 1 is 1.14 bits per heavy atom. The molecule has 0 bridgehead atoms. The van der Waals surface area contributed by atoms with Crippen LogP contribution in [-0.2, 0) is 16.0 Å². The maximum absolute atomic E-state index is 14.3. The molecule has 152 valence electrons. The molecule has 1 aliphatic carbocycles. The zero-order chi connectivity index (χ0) is 20.8. The molecule has 0 aromatic heterocycles. The first kappa shape index (κ1) is 20.8. The van der Waals surface area contributed by atoms with Gasteiger partial charge in [-0.3, -0.25) is 9.59 Å². The van der Waals surface area contributed by atoms with E-state index in [1.807, 2.05) is 36.4 Å². The fourth-order valence-corrected chi connectivity index (χ4v) is 3.83. The summed E-state index contributed by atoms with van der Waals surface area (Å²) in [5.41, 5.74) is 2.11. The highest BCUT2D eigenvalue weighted by molar-refractivity contribution is 5.94. The maximum atomic E-state index is 14.3. The number of nitrogens with one attached hydrogen (secondary N) is 1. The number of hydrogen-bond donors (Lipinski definition) is 1. The normalized spacial score (nSPS) is 19.0. The second-order valence-corrected chi connectivity index (χ2v) is 7.33. The van der Waals surface area contributed by atoms with Crippen molar-refractivity contribution in [2.75, 3.05) is 7.11 Å². The number of carbonyl (C=O) groups excluding carboxylic acids is 2. The second-order valence-electron chi connectivity index (χ2n) is 7.33. The molecule has 4 nitrogen and oxygen atoms in total. The predicted molar refractivity (Wildman–Crippen MR) is 110 cm³/mol. The fraction of sp³-hybridized carbons (Fsp3) is 0.333. The average molecular weight is 395 g/mol. The van der Waals surface area contributed by atoms with E-state index >= 15 is 0 Å². The summed E-state index contributed by atoms with van der Waals surface area (Å²) in [5, 5.41) is 2.98. The quantitative estimate of drug-likeness (QED) is 0.558. The molecule has 1 amide bonds. The molecular formula is C24H26FNO3. The zero-order valence-electron chi connectivity index (χ0n) is 16.7. The third kappa shape index (κ3) is 4.91. The smallest absolute Gasteiger partial charge is 0.313 e. The number of ether oxygens (including phenoxy) is 1. The molecule has 0 spiro atoms. The van der Waals surface area contributed by atoms with E-state index < -0.39 is 17.7 Å². The summed E-state index contributed by atoms with van der Waals surface area (Å²) in [7, 11) is 1.30. The molecule has 2 aromatic carbocycles. The van der Waals surface area contributed by atoms with Crippen molar-refractivity contribution in [2.45, 2.75) is 38.1 Å². The topological polar surface area (TPSA) is 55.4 Å². The number of allylic oxidation sites excluding steroid dienone is 1. The fourth-order valence-electron chi connectivity index (χ4n) is 3.83. The minimum atomic E-state index is -0.743. The maximum Gasteiger partial charge on any atom is 0.313 e. The van der Waals surface area contributed by atoms with Crippen molar-refractivity contribution in [3.63, 3.8) is 0 Å². The van der Waals surface area contributed by atoms with Gasteiger partial charge in [-0.25, -0.2) is 4.39 Å². The summed E-state index contributed by atoms with van der Waals surface area (Å²) >= 11 is 0. The van der Waals surface area contributed by atoms with Crippen molar-refractivity contribution >= 4 is 11.9 Å². The van der Waals surface area contributed by atoms with Crippen LogP contribution in [-0.4, -0.2) is 25.0 Å². The van der Waals surface area contributed by atoms with Gasteiger partial charge in [-0.05, 0) is 42.5 Å². The highest BCUT2D eigenvalue weighted by Crippen LogP contribution is 2.35. The van der Waals surface area contributed by atoms with Crippen LogP contribution in [0.25, 0.3) is 0 Å². The van der Waals surface area contributed by atoms with Crippen LogP contribution in [0.2, 0.25) is 0 Å². The lowest BCUT2D eigenvalue weighted by atomic mass is 9.85. The van der Waals surface area contributed by atoms with E-state index in [1.54, 1.807) is 18.2 Å². The Hall–Kier alpha value is -2.95. The molecule has 0 saturated heterocycles. The van der Waals surface area contributed by atoms with E-state index in [4.69, 9.17) is 4.74 Å². The van der Waals surface area contributed by atoms with Gasteiger partial charge in [-0.15, -0.1) is 0 Å². The van der Waals surface area contributed by atoms with Gasteiger partial charge < -0.3 is 10.1 Å². The van der Waals surface area contributed by atoms with Gasteiger partial charge in [0.2, 0.25) is 0 Å².